The Morgan fingerprint density at radius 2 is 1.76 bits per heavy atom. The third kappa shape index (κ3) is 4.06. The SMILES string of the molecule is CC(C)[C@H](NC(=O)c1ccc(Cl)cc1)c1nc(-c2ccccc2)no1. The van der Waals surface area contributed by atoms with Crippen LogP contribution in [0, 0.1) is 5.92 Å². The number of rotatable bonds is 5. The van der Waals surface area contributed by atoms with E-state index >= 15 is 0 Å². The fraction of sp³-hybridized carbons (Fsp3) is 0.211. The van der Waals surface area contributed by atoms with Crippen LogP contribution in [0.3, 0.4) is 0 Å². The minimum atomic E-state index is -0.381. The zero-order valence-electron chi connectivity index (χ0n) is 13.9. The lowest BCUT2D eigenvalue weighted by Crippen LogP contribution is -2.32. The highest BCUT2D eigenvalue weighted by Gasteiger charge is 2.25. The summed E-state index contributed by atoms with van der Waals surface area (Å²) in [6, 6.07) is 15.9. The van der Waals surface area contributed by atoms with E-state index in [4.69, 9.17) is 16.1 Å². The first-order valence-corrected chi connectivity index (χ1v) is 8.38. The lowest BCUT2D eigenvalue weighted by atomic mass is 10.0. The molecule has 128 valence electrons. The molecule has 0 saturated heterocycles. The summed E-state index contributed by atoms with van der Waals surface area (Å²) < 4.78 is 5.40. The van der Waals surface area contributed by atoms with Crippen molar-refractivity contribution in [2.24, 2.45) is 5.92 Å². The Kier molecular flexibility index (Phi) is 5.14. The molecule has 0 aliphatic heterocycles. The summed E-state index contributed by atoms with van der Waals surface area (Å²) in [5.41, 5.74) is 1.39. The predicted molar refractivity (Wildman–Crippen MR) is 96.2 cm³/mol. The van der Waals surface area contributed by atoms with Crippen LogP contribution in [0.1, 0.15) is 36.1 Å². The number of nitrogens with one attached hydrogen (secondary N) is 1. The lowest BCUT2D eigenvalue weighted by molar-refractivity contribution is 0.0914. The molecule has 1 amide bonds. The Bertz CT molecular complexity index is 845. The molecule has 0 aliphatic carbocycles. The van der Waals surface area contributed by atoms with E-state index in [2.05, 4.69) is 15.5 Å². The minimum Gasteiger partial charge on any atom is -0.340 e. The van der Waals surface area contributed by atoms with Crippen molar-refractivity contribution in [1.82, 2.24) is 15.5 Å². The number of nitrogens with zero attached hydrogens (tertiary/aromatic N) is 2. The van der Waals surface area contributed by atoms with Gasteiger partial charge in [-0.2, -0.15) is 4.98 Å². The van der Waals surface area contributed by atoms with Gasteiger partial charge in [-0.05, 0) is 30.2 Å². The number of carbonyl (C=O) groups is 1. The van der Waals surface area contributed by atoms with Crippen molar-refractivity contribution in [1.29, 1.82) is 0 Å². The van der Waals surface area contributed by atoms with Gasteiger partial charge in [0.25, 0.3) is 5.91 Å². The van der Waals surface area contributed by atoms with Crippen LogP contribution in [0.5, 0.6) is 0 Å². The highest BCUT2D eigenvalue weighted by molar-refractivity contribution is 6.30. The molecule has 0 saturated carbocycles. The summed E-state index contributed by atoms with van der Waals surface area (Å²) in [7, 11) is 0. The van der Waals surface area contributed by atoms with Gasteiger partial charge in [0.2, 0.25) is 11.7 Å². The van der Waals surface area contributed by atoms with Crippen LogP contribution in [0.2, 0.25) is 5.02 Å². The van der Waals surface area contributed by atoms with Crippen molar-refractivity contribution < 1.29 is 9.32 Å². The number of aromatic nitrogens is 2. The van der Waals surface area contributed by atoms with Crippen molar-refractivity contribution in [3.05, 3.63) is 71.1 Å². The van der Waals surface area contributed by atoms with Gasteiger partial charge < -0.3 is 9.84 Å². The third-order valence-corrected chi connectivity index (χ3v) is 4.05. The van der Waals surface area contributed by atoms with E-state index in [1.807, 2.05) is 44.2 Å². The highest BCUT2D eigenvalue weighted by atomic mass is 35.5. The van der Waals surface area contributed by atoms with Crippen LogP contribution in [0.15, 0.2) is 59.1 Å². The van der Waals surface area contributed by atoms with Crippen LogP contribution in [0.25, 0.3) is 11.4 Å². The van der Waals surface area contributed by atoms with Crippen molar-refractivity contribution in [2.75, 3.05) is 0 Å². The van der Waals surface area contributed by atoms with Gasteiger partial charge in [-0.1, -0.05) is 60.9 Å². The summed E-state index contributed by atoms with van der Waals surface area (Å²) >= 11 is 5.86. The Morgan fingerprint density at radius 1 is 1.08 bits per heavy atom. The minimum absolute atomic E-state index is 0.0836. The number of hydrogen-bond donors (Lipinski definition) is 1. The number of benzene rings is 2. The number of amides is 1. The first kappa shape index (κ1) is 17.2. The Labute approximate surface area is 151 Å². The van der Waals surface area contributed by atoms with E-state index < -0.39 is 0 Å². The molecule has 1 heterocycles. The van der Waals surface area contributed by atoms with Crippen LogP contribution in [0.4, 0.5) is 0 Å². The van der Waals surface area contributed by atoms with Gasteiger partial charge in [0.1, 0.15) is 6.04 Å². The quantitative estimate of drug-likeness (QED) is 0.730. The molecule has 0 fully saturated rings. The fourth-order valence-electron chi connectivity index (χ4n) is 2.41. The molecule has 25 heavy (non-hydrogen) atoms. The molecule has 0 aliphatic rings. The summed E-state index contributed by atoms with van der Waals surface area (Å²) in [5.74, 6) is 0.758. The van der Waals surface area contributed by atoms with Gasteiger partial charge in [0.05, 0.1) is 0 Å². The van der Waals surface area contributed by atoms with Crippen LogP contribution >= 0.6 is 11.6 Å². The molecule has 2 aromatic carbocycles. The predicted octanol–water partition coefficient (Wildman–Crippen LogP) is 4.52. The summed E-state index contributed by atoms with van der Waals surface area (Å²) in [5, 5.41) is 7.57. The molecular weight excluding hydrogens is 338 g/mol. The second kappa shape index (κ2) is 7.49. The maximum absolute atomic E-state index is 12.5. The van der Waals surface area contributed by atoms with Gasteiger partial charge >= 0.3 is 0 Å². The van der Waals surface area contributed by atoms with E-state index in [9.17, 15) is 4.79 Å². The third-order valence-electron chi connectivity index (χ3n) is 3.80. The van der Waals surface area contributed by atoms with Crippen LogP contribution in [-0.4, -0.2) is 16.0 Å². The summed E-state index contributed by atoms with van der Waals surface area (Å²) in [6.07, 6.45) is 0. The van der Waals surface area contributed by atoms with E-state index in [0.29, 0.717) is 22.3 Å². The Morgan fingerprint density at radius 3 is 2.40 bits per heavy atom. The summed E-state index contributed by atoms with van der Waals surface area (Å²) in [6.45, 7) is 3.97. The number of carbonyl (C=O) groups excluding carboxylic acids is 1. The van der Waals surface area contributed by atoms with Gasteiger partial charge in [-0.15, -0.1) is 0 Å². The molecule has 3 aromatic rings. The molecule has 1 atom stereocenters. The maximum Gasteiger partial charge on any atom is 0.251 e. The molecule has 0 radical (unpaired) electrons. The Hall–Kier alpha value is -2.66. The van der Waals surface area contributed by atoms with E-state index in [1.54, 1.807) is 24.3 Å². The average Bonchev–Trinajstić information content (AvgIpc) is 3.10. The second-order valence-corrected chi connectivity index (χ2v) is 6.46. The summed E-state index contributed by atoms with van der Waals surface area (Å²) in [4.78, 5) is 16.9. The van der Waals surface area contributed by atoms with Gasteiger partial charge in [0, 0.05) is 16.1 Å². The van der Waals surface area contributed by atoms with Crippen molar-refractivity contribution in [2.45, 2.75) is 19.9 Å². The fourth-order valence-corrected chi connectivity index (χ4v) is 2.53. The molecule has 0 bridgehead atoms. The maximum atomic E-state index is 12.5. The molecule has 1 N–H and O–H groups in total. The zero-order chi connectivity index (χ0) is 17.8. The molecule has 3 rings (SSSR count). The number of halogens is 1. The standard InChI is InChI=1S/C19H18ClN3O2/c1-12(2)16(21-18(24)14-8-10-15(20)11-9-14)19-22-17(23-25-19)13-6-4-3-5-7-13/h3-12,16H,1-2H3,(H,21,24)/t16-/m0/s1. The van der Waals surface area contributed by atoms with Crippen molar-refractivity contribution in [3.8, 4) is 11.4 Å². The normalized spacial score (nSPS) is 12.2. The van der Waals surface area contributed by atoms with E-state index in [1.165, 1.54) is 0 Å². The molecule has 5 nitrogen and oxygen atoms in total. The highest BCUT2D eigenvalue weighted by Crippen LogP contribution is 2.24. The average molecular weight is 356 g/mol. The van der Waals surface area contributed by atoms with Gasteiger partial charge in [0.15, 0.2) is 0 Å². The van der Waals surface area contributed by atoms with Gasteiger partial charge in [-0.25, -0.2) is 0 Å². The molecule has 1 aromatic heterocycles. The molecule has 6 heteroatoms. The van der Waals surface area contributed by atoms with E-state index in [0.717, 1.165) is 5.56 Å². The van der Waals surface area contributed by atoms with Gasteiger partial charge in [-0.3, -0.25) is 4.79 Å². The number of hydrogen-bond acceptors (Lipinski definition) is 4. The second-order valence-electron chi connectivity index (χ2n) is 6.02. The monoisotopic (exact) mass is 355 g/mol. The molecule has 0 spiro atoms. The lowest BCUT2D eigenvalue weighted by Gasteiger charge is -2.18. The van der Waals surface area contributed by atoms with Crippen LogP contribution in [-0.2, 0) is 0 Å². The first-order valence-electron chi connectivity index (χ1n) is 8.00. The Balaban J connectivity index is 1.81. The van der Waals surface area contributed by atoms with Crippen molar-refractivity contribution in [3.63, 3.8) is 0 Å². The van der Waals surface area contributed by atoms with E-state index in [-0.39, 0.29) is 17.9 Å². The van der Waals surface area contributed by atoms with Crippen molar-refractivity contribution >= 4 is 17.5 Å². The first-order chi connectivity index (χ1) is 12.0. The topological polar surface area (TPSA) is 68.0 Å². The smallest absolute Gasteiger partial charge is 0.251 e. The molecular formula is C19H18ClN3O2. The molecule has 0 unspecified atom stereocenters. The van der Waals surface area contributed by atoms with Crippen LogP contribution < -0.4 is 5.32 Å². The largest absolute Gasteiger partial charge is 0.340 e. The zero-order valence-corrected chi connectivity index (χ0v) is 14.7.